The summed E-state index contributed by atoms with van der Waals surface area (Å²) in [6.07, 6.45) is 1.50. The third-order valence-electron chi connectivity index (χ3n) is 0. The molecule has 5 heavy (non-hydrogen) atoms. The molecule has 0 radical (unpaired) electrons. The van der Waals surface area contributed by atoms with Gasteiger partial charge in [-0.25, -0.2) is 19.6 Å². The molecule has 0 atom stereocenters. The van der Waals surface area contributed by atoms with Crippen LogP contribution in [-0.2, 0) is 0 Å². The summed E-state index contributed by atoms with van der Waals surface area (Å²) in [5.41, 5.74) is 0. The van der Waals surface area contributed by atoms with Gasteiger partial charge in [0.05, 0.1) is 0 Å². The van der Waals surface area contributed by atoms with Crippen LogP contribution in [0.2, 0.25) is 0 Å². The molecular weight excluding hydrogens is 75.0 g/mol. The van der Waals surface area contributed by atoms with Crippen molar-refractivity contribution in [2.24, 2.45) is 0 Å². The molecule has 0 saturated carbocycles. The van der Waals surface area contributed by atoms with Crippen LogP contribution in [0, 0.1) is 6.92 Å². The van der Waals surface area contributed by atoms with Crippen molar-refractivity contribution in [1.82, 2.24) is 0 Å². The molecule has 0 bridgehead atoms. The van der Waals surface area contributed by atoms with Crippen molar-refractivity contribution in [3.63, 3.8) is 0 Å². The Labute approximate surface area is 54.7 Å². The van der Waals surface area contributed by atoms with E-state index in [1.54, 1.807) is 0 Å². The fraction of sp³-hybridized carbons (Fsp3) is 0. The van der Waals surface area contributed by atoms with Gasteiger partial charge in [0.1, 0.15) is 0 Å². The summed E-state index contributed by atoms with van der Waals surface area (Å²) in [5.74, 6) is 0. The molecule has 0 aromatic heterocycles. The molecule has 0 aliphatic carbocycles. The quantitative estimate of drug-likeness (QED) is 0.223. The molecule has 1 nitrogen and oxygen atoms in total. The first-order valence-corrected chi connectivity index (χ1v) is 0.816. The molecule has 0 aliphatic heterocycles. The standard InChI is InChI=1S/C3H5.Na.H2O/c1-3-2;;/h3H,1-2H2;;1H2/q-1;+1;. The van der Waals surface area contributed by atoms with E-state index in [-0.39, 0.29) is 35.0 Å². The van der Waals surface area contributed by atoms with Crippen LogP contribution in [0.5, 0.6) is 0 Å². The first kappa shape index (κ1) is 17.6. The molecule has 0 unspecified atom stereocenters. The zero-order chi connectivity index (χ0) is 2.71. The predicted molar refractivity (Wildman–Crippen MR) is 19.2 cm³/mol. The smallest absolute Gasteiger partial charge is 0.412 e. The van der Waals surface area contributed by atoms with Crippen LogP contribution in [0.4, 0.5) is 0 Å². The third kappa shape index (κ3) is 92.9. The topological polar surface area (TPSA) is 31.5 Å². The minimum absolute atomic E-state index is 0. The van der Waals surface area contributed by atoms with Gasteiger partial charge >= 0.3 is 29.6 Å². The summed E-state index contributed by atoms with van der Waals surface area (Å²) in [6, 6.07) is 0. The van der Waals surface area contributed by atoms with E-state index < -0.39 is 0 Å². The van der Waals surface area contributed by atoms with Crippen molar-refractivity contribution in [3.05, 3.63) is 19.6 Å². The number of hydrogen-bond acceptors (Lipinski definition) is 0. The van der Waals surface area contributed by atoms with Gasteiger partial charge in [-0.2, -0.15) is 0 Å². The van der Waals surface area contributed by atoms with Crippen molar-refractivity contribution in [2.45, 2.75) is 0 Å². The molecular formula is C3H7NaO. The Morgan fingerprint density at radius 1 is 1.60 bits per heavy atom. The van der Waals surface area contributed by atoms with Crippen LogP contribution in [0.3, 0.4) is 0 Å². The second-order valence-electron chi connectivity index (χ2n) is 0.289. The zero-order valence-electron chi connectivity index (χ0n) is 3.49. The predicted octanol–water partition coefficient (Wildman–Crippen LogP) is -2.81. The molecule has 0 fully saturated rings. The largest absolute Gasteiger partial charge is 1.00 e. The maximum Gasteiger partial charge on any atom is 1.00 e. The Hall–Kier alpha value is 0.570. The van der Waals surface area contributed by atoms with Crippen molar-refractivity contribution < 1.29 is 35.0 Å². The number of hydrogen-bond donors (Lipinski definition) is 0. The first-order chi connectivity index (χ1) is 1.41. The van der Waals surface area contributed by atoms with Gasteiger partial charge in [0, 0.05) is 0 Å². The monoisotopic (exact) mass is 82.0 g/mol. The van der Waals surface area contributed by atoms with E-state index in [2.05, 4.69) is 13.5 Å². The fourth-order valence-electron chi connectivity index (χ4n) is 0. The van der Waals surface area contributed by atoms with E-state index in [1.807, 2.05) is 0 Å². The van der Waals surface area contributed by atoms with Crippen LogP contribution in [0.15, 0.2) is 12.7 Å². The molecule has 0 aliphatic rings. The average Bonchev–Trinajstić information content (AvgIpc) is 0.918. The Morgan fingerprint density at radius 2 is 1.60 bits per heavy atom. The van der Waals surface area contributed by atoms with Crippen molar-refractivity contribution >= 4 is 0 Å². The summed E-state index contributed by atoms with van der Waals surface area (Å²) < 4.78 is 0. The van der Waals surface area contributed by atoms with E-state index in [4.69, 9.17) is 0 Å². The van der Waals surface area contributed by atoms with Gasteiger partial charge in [-0.3, -0.25) is 0 Å². The number of allylic oxidation sites excluding steroid dienone is 1. The Morgan fingerprint density at radius 3 is 1.60 bits per heavy atom. The molecule has 0 heterocycles. The van der Waals surface area contributed by atoms with Crippen LogP contribution in [0.25, 0.3) is 0 Å². The fourth-order valence-corrected chi connectivity index (χ4v) is 0. The van der Waals surface area contributed by atoms with Crippen molar-refractivity contribution in [1.29, 1.82) is 0 Å². The average molecular weight is 82.1 g/mol. The van der Waals surface area contributed by atoms with E-state index in [9.17, 15) is 0 Å². The first-order valence-electron chi connectivity index (χ1n) is 0.816. The van der Waals surface area contributed by atoms with Gasteiger partial charge in [-0.05, 0) is 0 Å². The third-order valence-corrected chi connectivity index (χ3v) is 0. The summed E-state index contributed by atoms with van der Waals surface area (Å²) >= 11 is 0. The molecule has 0 aromatic carbocycles. The Kier molecular flexibility index (Phi) is 83.2. The van der Waals surface area contributed by atoms with Crippen molar-refractivity contribution in [3.8, 4) is 0 Å². The normalized spacial score (nSPS) is 2.40. The molecule has 2 heteroatoms. The molecule has 0 spiro atoms. The SMILES string of the molecule is C=C[CH2-].O.[Na+]. The summed E-state index contributed by atoms with van der Waals surface area (Å²) in [6.45, 7) is 6.50. The van der Waals surface area contributed by atoms with Crippen LogP contribution in [0.1, 0.15) is 0 Å². The summed E-state index contributed by atoms with van der Waals surface area (Å²) in [4.78, 5) is 0. The van der Waals surface area contributed by atoms with E-state index in [0.717, 1.165) is 0 Å². The second-order valence-corrected chi connectivity index (χ2v) is 0.289. The van der Waals surface area contributed by atoms with Gasteiger partial charge in [0.15, 0.2) is 0 Å². The van der Waals surface area contributed by atoms with Crippen LogP contribution >= 0.6 is 0 Å². The molecule has 2 N–H and O–H groups in total. The minimum Gasteiger partial charge on any atom is -0.412 e. The summed E-state index contributed by atoms with van der Waals surface area (Å²) in [5, 5.41) is 0. The molecule has 0 amide bonds. The maximum atomic E-state index is 3.25. The Balaban J connectivity index is -0.0000000200. The van der Waals surface area contributed by atoms with Gasteiger partial charge in [0.25, 0.3) is 0 Å². The van der Waals surface area contributed by atoms with Gasteiger partial charge < -0.3 is 5.48 Å². The Bertz CT molecular complexity index is 14.4. The molecule has 0 saturated heterocycles. The molecule has 26 valence electrons. The zero-order valence-corrected chi connectivity index (χ0v) is 5.49. The molecule has 0 aromatic rings. The second kappa shape index (κ2) is 23.6. The maximum absolute atomic E-state index is 3.25. The summed E-state index contributed by atoms with van der Waals surface area (Å²) in [7, 11) is 0. The minimum atomic E-state index is 0. The van der Waals surface area contributed by atoms with E-state index >= 15 is 0 Å². The van der Waals surface area contributed by atoms with E-state index in [1.165, 1.54) is 6.08 Å². The van der Waals surface area contributed by atoms with Crippen LogP contribution in [-0.4, -0.2) is 5.48 Å². The van der Waals surface area contributed by atoms with E-state index in [0.29, 0.717) is 0 Å². The molecule has 0 rings (SSSR count). The van der Waals surface area contributed by atoms with Crippen molar-refractivity contribution in [2.75, 3.05) is 0 Å². The van der Waals surface area contributed by atoms with Gasteiger partial charge in [-0.15, -0.1) is 0 Å². The van der Waals surface area contributed by atoms with Crippen LogP contribution < -0.4 is 29.6 Å². The number of rotatable bonds is 0. The van der Waals surface area contributed by atoms with Gasteiger partial charge in [0.2, 0.25) is 0 Å². The van der Waals surface area contributed by atoms with Gasteiger partial charge in [-0.1, -0.05) is 0 Å².